The monoisotopic (exact) mass is 230 g/mol. The number of halogens is 1. The average molecular weight is 231 g/mol. The Balaban J connectivity index is 1.85. The normalized spacial score (nSPS) is 24.8. The molecule has 0 amide bonds. The van der Waals surface area contributed by atoms with Gasteiger partial charge in [-0.25, -0.2) is 0 Å². The van der Waals surface area contributed by atoms with Crippen molar-refractivity contribution in [3.8, 4) is 0 Å². The molecule has 0 saturated carbocycles. The molecule has 0 N–H and O–H groups in total. The van der Waals surface area contributed by atoms with Gasteiger partial charge in [0.05, 0.1) is 6.61 Å². The zero-order valence-electron chi connectivity index (χ0n) is 8.12. The quantitative estimate of drug-likeness (QED) is 0.724. The summed E-state index contributed by atoms with van der Waals surface area (Å²) in [6.07, 6.45) is 3.38. The predicted octanol–water partition coefficient (Wildman–Crippen LogP) is 3.32. The number of ether oxygens (including phenoxy) is 1. The molecule has 14 heavy (non-hydrogen) atoms. The molecule has 1 fully saturated rings. The summed E-state index contributed by atoms with van der Waals surface area (Å²) in [5.41, 5.74) is 0. The van der Waals surface area contributed by atoms with Gasteiger partial charge in [0.2, 0.25) is 0 Å². The van der Waals surface area contributed by atoms with Gasteiger partial charge in [0.1, 0.15) is 0 Å². The number of hydrogen-bond donors (Lipinski definition) is 0. The second-order valence-electron chi connectivity index (χ2n) is 3.78. The van der Waals surface area contributed by atoms with Gasteiger partial charge in [-0.15, -0.1) is 22.9 Å². The van der Waals surface area contributed by atoms with E-state index in [9.17, 15) is 0 Å². The summed E-state index contributed by atoms with van der Waals surface area (Å²) in [7, 11) is 0. The van der Waals surface area contributed by atoms with Crippen LogP contribution in [-0.4, -0.2) is 18.6 Å². The summed E-state index contributed by atoms with van der Waals surface area (Å²) in [6.45, 7) is 1.76. The average Bonchev–Trinajstić information content (AvgIpc) is 2.72. The SMILES string of the molecule is ClC(Cc1cccs1)C1CCCOC1. The highest BCUT2D eigenvalue weighted by molar-refractivity contribution is 7.09. The Labute approximate surface area is 94.0 Å². The summed E-state index contributed by atoms with van der Waals surface area (Å²) >= 11 is 8.17. The lowest BCUT2D eigenvalue weighted by Crippen LogP contribution is -2.26. The lowest BCUT2D eigenvalue weighted by Gasteiger charge is -2.25. The molecule has 78 valence electrons. The molecule has 0 radical (unpaired) electrons. The minimum Gasteiger partial charge on any atom is -0.381 e. The van der Waals surface area contributed by atoms with Gasteiger partial charge in [0.15, 0.2) is 0 Å². The van der Waals surface area contributed by atoms with Crippen LogP contribution >= 0.6 is 22.9 Å². The standard InChI is InChI=1S/C11H15ClOS/c12-11(7-10-4-2-6-14-10)9-3-1-5-13-8-9/h2,4,6,9,11H,1,3,5,7-8H2. The largest absolute Gasteiger partial charge is 0.381 e. The maximum absolute atomic E-state index is 6.38. The van der Waals surface area contributed by atoms with Crippen molar-refractivity contribution in [3.05, 3.63) is 22.4 Å². The van der Waals surface area contributed by atoms with Crippen molar-refractivity contribution >= 4 is 22.9 Å². The zero-order chi connectivity index (χ0) is 9.80. The van der Waals surface area contributed by atoms with Crippen molar-refractivity contribution in [1.82, 2.24) is 0 Å². The lowest BCUT2D eigenvalue weighted by atomic mass is 9.96. The van der Waals surface area contributed by atoms with Gasteiger partial charge in [-0.2, -0.15) is 0 Å². The third-order valence-corrected chi connectivity index (χ3v) is 4.09. The van der Waals surface area contributed by atoms with E-state index in [-0.39, 0.29) is 5.38 Å². The van der Waals surface area contributed by atoms with Crippen molar-refractivity contribution in [2.75, 3.05) is 13.2 Å². The minimum atomic E-state index is 0.244. The smallest absolute Gasteiger partial charge is 0.0508 e. The van der Waals surface area contributed by atoms with Crippen LogP contribution in [0.3, 0.4) is 0 Å². The van der Waals surface area contributed by atoms with Crippen LogP contribution in [0, 0.1) is 5.92 Å². The molecule has 1 aliphatic heterocycles. The molecule has 1 aromatic heterocycles. The third-order valence-electron chi connectivity index (χ3n) is 2.68. The molecule has 2 rings (SSSR count). The van der Waals surface area contributed by atoms with Gasteiger partial charge in [-0.3, -0.25) is 0 Å². The Morgan fingerprint density at radius 2 is 2.57 bits per heavy atom. The molecule has 1 nitrogen and oxygen atoms in total. The summed E-state index contributed by atoms with van der Waals surface area (Å²) in [5.74, 6) is 0.549. The maximum atomic E-state index is 6.38. The molecule has 1 saturated heterocycles. The molecule has 0 aliphatic carbocycles. The van der Waals surface area contributed by atoms with Crippen molar-refractivity contribution in [2.45, 2.75) is 24.6 Å². The van der Waals surface area contributed by atoms with Gasteiger partial charge < -0.3 is 4.74 Å². The summed E-state index contributed by atoms with van der Waals surface area (Å²) in [5, 5.41) is 2.35. The first-order chi connectivity index (χ1) is 6.86. The fourth-order valence-electron chi connectivity index (χ4n) is 1.84. The molecular formula is C11H15ClOS. The first-order valence-electron chi connectivity index (χ1n) is 5.10. The first-order valence-corrected chi connectivity index (χ1v) is 6.42. The Bertz CT molecular complexity index is 254. The van der Waals surface area contributed by atoms with E-state index in [1.165, 1.54) is 17.7 Å². The Morgan fingerprint density at radius 1 is 1.64 bits per heavy atom. The number of hydrogen-bond acceptors (Lipinski definition) is 2. The summed E-state index contributed by atoms with van der Waals surface area (Å²) in [4.78, 5) is 1.38. The van der Waals surface area contributed by atoms with E-state index in [0.29, 0.717) is 5.92 Å². The maximum Gasteiger partial charge on any atom is 0.0508 e. The van der Waals surface area contributed by atoms with Crippen LogP contribution < -0.4 is 0 Å². The minimum absolute atomic E-state index is 0.244. The van der Waals surface area contributed by atoms with Gasteiger partial charge >= 0.3 is 0 Å². The Kier molecular flexibility index (Phi) is 3.85. The fourth-order valence-corrected chi connectivity index (χ4v) is 3.06. The first kappa shape index (κ1) is 10.5. The lowest BCUT2D eigenvalue weighted by molar-refractivity contribution is 0.0533. The summed E-state index contributed by atoms with van der Waals surface area (Å²) in [6, 6.07) is 4.24. The fraction of sp³-hybridized carbons (Fsp3) is 0.636. The molecule has 3 heteroatoms. The van der Waals surface area contributed by atoms with E-state index in [0.717, 1.165) is 19.6 Å². The highest BCUT2D eigenvalue weighted by atomic mass is 35.5. The van der Waals surface area contributed by atoms with Gasteiger partial charge in [0.25, 0.3) is 0 Å². The Hall–Kier alpha value is -0.0500. The number of thiophene rings is 1. The van der Waals surface area contributed by atoms with Crippen LogP contribution in [0.15, 0.2) is 17.5 Å². The zero-order valence-corrected chi connectivity index (χ0v) is 9.69. The van der Waals surface area contributed by atoms with Gasteiger partial charge in [0, 0.05) is 16.9 Å². The van der Waals surface area contributed by atoms with Crippen LogP contribution in [0.4, 0.5) is 0 Å². The molecule has 2 atom stereocenters. The number of rotatable bonds is 3. The highest BCUT2D eigenvalue weighted by Crippen LogP contribution is 2.25. The molecule has 0 aromatic carbocycles. The molecule has 1 aliphatic rings. The molecule has 1 aromatic rings. The van der Waals surface area contributed by atoms with Crippen LogP contribution in [0.5, 0.6) is 0 Å². The van der Waals surface area contributed by atoms with Crippen LogP contribution in [0.1, 0.15) is 17.7 Å². The van der Waals surface area contributed by atoms with Crippen molar-refractivity contribution in [1.29, 1.82) is 0 Å². The van der Waals surface area contributed by atoms with Gasteiger partial charge in [-0.1, -0.05) is 6.07 Å². The molecule has 0 bridgehead atoms. The van der Waals surface area contributed by atoms with E-state index < -0.39 is 0 Å². The van der Waals surface area contributed by atoms with E-state index in [1.54, 1.807) is 11.3 Å². The Morgan fingerprint density at radius 3 is 3.21 bits per heavy atom. The topological polar surface area (TPSA) is 9.23 Å². The third kappa shape index (κ3) is 2.72. The second kappa shape index (κ2) is 5.15. The molecule has 2 unspecified atom stereocenters. The second-order valence-corrected chi connectivity index (χ2v) is 5.37. The van der Waals surface area contributed by atoms with Gasteiger partial charge in [-0.05, 0) is 36.6 Å². The number of alkyl halides is 1. The van der Waals surface area contributed by atoms with E-state index in [2.05, 4.69) is 17.5 Å². The van der Waals surface area contributed by atoms with Crippen molar-refractivity contribution < 1.29 is 4.74 Å². The van der Waals surface area contributed by atoms with E-state index in [4.69, 9.17) is 16.3 Å². The molecular weight excluding hydrogens is 216 g/mol. The van der Waals surface area contributed by atoms with Crippen LogP contribution in [-0.2, 0) is 11.2 Å². The van der Waals surface area contributed by atoms with E-state index in [1.807, 2.05) is 0 Å². The van der Waals surface area contributed by atoms with Crippen LogP contribution in [0.2, 0.25) is 0 Å². The van der Waals surface area contributed by atoms with Crippen molar-refractivity contribution in [2.24, 2.45) is 5.92 Å². The van der Waals surface area contributed by atoms with Crippen LogP contribution in [0.25, 0.3) is 0 Å². The molecule has 2 heterocycles. The van der Waals surface area contributed by atoms with E-state index >= 15 is 0 Å². The predicted molar refractivity (Wildman–Crippen MR) is 61.2 cm³/mol. The summed E-state index contributed by atoms with van der Waals surface area (Å²) < 4.78 is 5.44. The van der Waals surface area contributed by atoms with Crippen molar-refractivity contribution in [3.63, 3.8) is 0 Å². The highest BCUT2D eigenvalue weighted by Gasteiger charge is 2.22. The molecule has 0 spiro atoms.